The predicted molar refractivity (Wildman–Crippen MR) is 122 cm³/mol. The summed E-state index contributed by atoms with van der Waals surface area (Å²) in [7, 11) is 3.44. The Kier molecular flexibility index (Phi) is 5.99. The minimum Gasteiger partial charge on any atom is -0.456 e. The van der Waals surface area contributed by atoms with E-state index < -0.39 is 11.5 Å². The second-order valence-electron chi connectivity index (χ2n) is 7.76. The number of rotatable bonds is 6. The minimum absolute atomic E-state index is 0.0521. The summed E-state index contributed by atoms with van der Waals surface area (Å²) in [6.45, 7) is 3.86. The van der Waals surface area contributed by atoms with Crippen molar-refractivity contribution in [1.82, 2.24) is 29.3 Å². The molecule has 0 saturated heterocycles. The summed E-state index contributed by atoms with van der Waals surface area (Å²) < 4.78 is 8.94. The average molecular weight is 445 g/mol. The maximum absolute atomic E-state index is 12.6. The largest absolute Gasteiger partial charge is 0.456 e. The van der Waals surface area contributed by atoms with Gasteiger partial charge in [-0.1, -0.05) is 13.8 Å². The highest BCUT2D eigenvalue weighted by Crippen LogP contribution is 2.25. The maximum atomic E-state index is 12.6. The first-order valence-corrected chi connectivity index (χ1v) is 10.3. The molecule has 0 radical (unpaired) electrons. The topological polar surface area (TPSA) is 117 Å². The van der Waals surface area contributed by atoms with E-state index in [1.807, 2.05) is 27.1 Å². The van der Waals surface area contributed by atoms with Gasteiger partial charge in [-0.2, -0.15) is 5.10 Å². The summed E-state index contributed by atoms with van der Waals surface area (Å²) in [4.78, 5) is 37.9. The van der Waals surface area contributed by atoms with Crippen molar-refractivity contribution in [2.24, 2.45) is 14.1 Å². The normalized spacial score (nSPS) is 10.9. The quantitative estimate of drug-likeness (QED) is 0.484. The summed E-state index contributed by atoms with van der Waals surface area (Å²) in [6.07, 6.45) is 8.03. The molecule has 4 aromatic rings. The Morgan fingerprint density at radius 2 is 1.85 bits per heavy atom. The van der Waals surface area contributed by atoms with Crippen LogP contribution in [0.25, 0.3) is 11.3 Å². The third-order valence-corrected chi connectivity index (χ3v) is 4.91. The third kappa shape index (κ3) is 4.79. The standard InChI is InChI=1S/C23H23N7O3/c1-14(2)21-26-12-18(23(32)30(21)4)22(31)28-20-6-5-17(11-25-20)33-16-7-8-24-19(9-16)15-10-27-29(3)13-15/h5-14H,1-4H3,(H,25,28,31). The Morgan fingerprint density at radius 1 is 1.03 bits per heavy atom. The van der Waals surface area contributed by atoms with Gasteiger partial charge in [0.15, 0.2) is 0 Å². The van der Waals surface area contributed by atoms with Gasteiger partial charge >= 0.3 is 0 Å². The molecule has 0 aliphatic rings. The molecule has 0 aliphatic heterocycles. The molecule has 0 bridgehead atoms. The Balaban J connectivity index is 1.46. The molecule has 0 aliphatic carbocycles. The van der Waals surface area contributed by atoms with Crippen molar-refractivity contribution in [2.45, 2.75) is 19.8 Å². The molecule has 0 unspecified atom stereocenters. The second kappa shape index (κ2) is 9.03. The van der Waals surface area contributed by atoms with E-state index in [4.69, 9.17) is 4.74 Å². The fraction of sp³-hybridized carbons (Fsp3) is 0.217. The fourth-order valence-corrected chi connectivity index (χ4v) is 3.27. The lowest BCUT2D eigenvalue weighted by Crippen LogP contribution is -2.31. The van der Waals surface area contributed by atoms with E-state index in [9.17, 15) is 9.59 Å². The van der Waals surface area contributed by atoms with Crippen LogP contribution in [-0.2, 0) is 14.1 Å². The van der Waals surface area contributed by atoms with E-state index in [2.05, 4.69) is 25.4 Å². The lowest BCUT2D eigenvalue weighted by Gasteiger charge is -2.12. The summed E-state index contributed by atoms with van der Waals surface area (Å²) in [5, 5.41) is 6.77. The molecular weight excluding hydrogens is 422 g/mol. The van der Waals surface area contributed by atoms with E-state index in [1.165, 1.54) is 17.0 Å². The molecule has 0 atom stereocenters. The van der Waals surface area contributed by atoms with Crippen molar-refractivity contribution in [3.05, 3.63) is 77.0 Å². The van der Waals surface area contributed by atoms with Crippen molar-refractivity contribution in [2.75, 3.05) is 5.32 Å². The predicted octanol–water partition coefficient (Wildman–Crippen LogP) is 3.14. The van der Waals surface area contributed by atoms with Crippen molar-refractivity contribution < 1.29 is 9.53 Å². The zero-order valence-corrected chi connectivity index (χ0v) is 18.7. The zero-order valence-electron chi connectivity index (χ0n) is 18.7. The van der Waals surface area contributed by atoms with Gasteiger partial charge in [-0.25, -0.2) is 9.97 Å². The van der Waals surface area contributed by atoms with E-state index in [-0.39, 0.29) is 17.3 Å². The average Bonchev–Trinajstić information content (AvgIpc) is 3.23. The fourth-order valence-electron chi connectivity index (χ4n) is 3.27. The van der Waals surface area contributed by atoms with Gasteiger partial charge in [0, 0.05) is 50.2 Å². The highest BCUT2D eigenvalue weighted by molar-refractivity contribution is 6.03. The van der Waals surface area contributed by atoms with Crippen LogP contribution in [0.15, 0.2) is 60.0 Å². The molecule has 0 spiro atoms. The molecule has 0 aromatic carbocycles. The number of aryl methyl sites for hydroxylation is 1. The number of hydrogen-bond donors (Lipinski definition) is 1. The molecule has 4 aromatic heterocycles. The number of anilines is 1. The second-order valence-corrected chi connectivity index (χ2v) is 7.76. The molecule has 4 heterocycles. The molecule has 1 amide bonds. The van der Waals surface area contributed by atoms with Gasteiger partial charge in [-0.15, -0.1) is 0 Å². The molecule has 10 heteroatoms. The number of nitrogens with zero attached hydrogens (tertiary/aromatic N) is 6. The van der Waals surface area contributed by atoms with Gasteiger partial charge in [0.2, 0.25) is 0 Å². The van der Waals surface area contributed by atoms with Crippen LogP contribution in [0.3, 0.4) is 0 Å². The van der Waals surface area contributed by atoms with Crippen molar-refractivity contribution in [1.29, 1.82) is 0 Å². The SMILES string of the molecule is CC(C)c1ncc(C(=O)Nc2ccc(Oc3ccnc(-c4cnn(C)c4)c3)cn2)c(=O)n1C. The molecule has 4 rings (SSSR count). The van der Waals surface area contributed by atoms with Crippen molar-refractivity contribution >= 4 is 11.7 Å². The summed E-state index contributed by atoms with van der Waals surface area (Å²) >= 11 is 0. The van der Waals surface area contributed by atoms with Crippen LogP contribution in [-0.4, -0.2) is 35.2 Å². The maximum Gasteiger partial charge on any atom is 0.266 e. The van der Waals surface area contributed by atoms with Crippen LogP contribution in [0, 0.1) is 0 Å². The van der Waals surface area contributed by atoms with Gasteiger partial charge in [0.1, 0.15) is 28.7 Å². The number of carbonyl (C=O) groups is 1. The highest BCUT2D eigenvalue weighted by Gasteiger charge is 2.16. The number of pyridine rings is 2. The van der Waals surface area contributed by atoms with E-state index in [0.717, 1.165) is 11.3 Å². The van der Waals surface area contributed by atoms with Crippen LogP contribution in [0.5, 0.6) is 11.5 Å². The lowest BCUT2D eigenvalue weighted by atomic mass is 10.2. The number of carbonyl (C=O) groups excluding carboxylic acids is 1. The highest BCUT2D eigenvalue weighted by atomic mass is 16.5. The van der Waals surface area contributed by atoms with Gasteiger partial charge in [-0.3, -0.25) is 23.8 Å². The van der Waals surface area contributed by atoms with E-state index >= 15 is 0 Å². The number of aromatic nitrogens is 6. The summed E-state index contributed by atoms with van der Waals surface area (Å²) in [5.41, 5.74) is 1.15. The van der Waals surface area contributed by atoms with Gasteiger partial charge in [0.05, 0.1) is 18.1 Å². The first-order chi connectivity index (χ1) is 15.8. The Labute approximate surface area is 189 Å². The zero-order chi connectivity index (χ0) is 23.5. The molecule has 0 fully saturated rings. The molecule has 0 saturated carbocycles. The number of hydrogen-bond acceptors (Lipinski definition) is 7. The first kappa shape index (κ1) is 21.9. The van der Waals surface area contributed by atoms with Crippen LogP contribution < -0.4 is 15.6 Å². The first-order valence-electron chi connectivity index (χ1n) is 10.3. The Morgan fingerprint density at radius 3 is 2.52 bits per heavy atom. The minimum atomic E-state index is -0.574. The summed E-state index contributed by atoms with van der Waals surface area (Å²) in [5.74, 6) is 1.45. The Bertz CT molecular complexity index is 1360. The third-order valence-electron chi connectivity index (χ3n) is 4.91. The number of nitrogens with one attached hydrogen (secondary N) is 1. The molecular formula is C23H23N7O3. The van der Waals surface area contributed by atoms with Crippen LogP contribution >= 0.6 is 0 Å². The number of ether oxygens (including phenoxy) is 1. The summed E-state index contributed by atoms with van der Waals surface area (Å²) in [6, 6.07) is 6.80. The monoisotopic (exact) mass is 445 g/mol. The van der Waals surface area contributed by atoms with E-state index in [0.29, 0.717) is 17.3 Å². The molecule has 10 nitrogen and oxygen atoms in total. The van der Waals surface area contributed by atoms with Crippen molar-refractivity contribution in [3.63, 3.8) is 0 Å². The van der Waals surface area contributed by atoms with E-state index in [1.54, 1.807) is 48.4 Å². The lowest BCUT2D eigenvalue weighted by molar-refractivity contribution is 0.102. The molecule has 168 valence electrons. The molecule has 1 N–H and O–H groups in total. The smallest absolute Gasteiger partial charge is 0.266 e. The van der Waals surface area contributed by atoms with Gasteiger partial charge in [0.25, 0.3) is 11.5 Å². The van der Waals surface area contributed by atoms with Crippen LogP contribution in [0.1, 0.15) is 35.9 Å². The van der Waals surface area contributed by atoms with Crippen LogP contribution in [0.2, 0.25) is 0 Å². The van der Waals surface area contributed by atoms with Crippen LogP contribution in [0.4, 0.5) is 5.82 Å². The van der Waals surface area contributed by atoms with Crippen molar-refractivity contribution in [3.8, 4) is 22.8 Å². The van der Waals surface area contributed by atoms with Gasteiger partial charge in [-0.05, 0) is 18.2 Å². The van der Waals surface area contributed by atoms with Gasteiger partial charge < -0.3 is 10.1 Å². The Hall–Kier alpha value is -4.34. The molecule has 33 heavy (non-hydrogen) atoms. The number of amides is 1.